The normalized spacial score (nSPS) is 14.7. The highest BCUT2D eigenvalue weighted by atomic mass is 16.4. The molecule has 1 heterocycles. The van der Waals surface area contributed by atoms with E-state index >= 15 is 0 Å². The van der Waals surface area contributed by atoms with Crippen LogP contribution in [-0.2, 0) is 0 Å². The van der Waals surface area contributed by atoms with Gasteiger partial charge >= 0.3 is 5.97 Å². The number of nitroso groups, excluding NO2 is 1. The molecule has 1 atom stereocenters. The van der Waals surface area contributed by atoms with Crippen LogP contribution >= 0.6 is 0 Å². The SMILES string of the molecule is O=NC1c2ccccc2-c2c(-c3nc4ccc(C(=O)O)cc4[nH]3)cccc21. The number of carbonyl (C=O) groups is 1. The van der Waals surface area contributed by atoms with Gasteiger partial charge in [0.1, 0.15) is 11.9 Å². The van der Waals surface area contributed by atoms with Crippen molar-refractivity contribution in [1.82, 2.24) is 9.97 Å². The van der Waals surface area contributed by atoms with Gasteiger partial charge in [-0.05, 0) is 40.5 Å². The molecule has 0 saturated carbocycles. The van der Waals surface area contributed by atoms with Crippen molar-refractivity contribution in [3.63, 3.8) is 0 Å². The summed E-state index contributed by atoms with van der Waals surface area (Å²) in [4.78, 5) is 30.5. The van der Waals surface area contributed by atoms with E-state index in [1.165, 1.54) is 6.07 Å². The Balaban J connectivity index is 1.75. The van der Waals surface area contributed by atoms with E-state index < -0.39 is 12.0 Å². The lowest BCUT2D eigenvalue weighted by Crippen LogP contribution is -1.94. The molecule has 0 spiro atoms. The minimum atomic E-state index is -0.984. The van der Waals surface area contributed by atoms with Crippen LogP contribution in [0.25, 0.3) is 33.5 Å². The molecule has 3 aromatic carbocycles. The first-order valence-electron chi connectivity index (χ1n) is 8.45. The molecule has 0 amide bonds. The molecule has 0 fully saturated rings. The van der Waals surface area contributed by atoms with Gasteiger partial charge in [-0.3, -0.25) is 0 Å². The number of hydrogen-bond donors (Lipinski definition) is 2. The van der Waals surface area contributed by atoms with Gasteiger partial charge in [-0.15, -0.1) is 4.91 Å². The largest absolute Gasteiger partial charge is 0.478 e. The molecule has 130 valence electrons. The molecule has 6 heteroatoms. The van der Waals surface area contributed by atoms with Crippen molar-refractivity contribution < 1.29 is 9.90 Å². The summed E-state index contributed by atoms with van der Waals surface area (Å²) in [5, 5.41) is 12.5. The number of aromatic nitrogens is 2. The molecule has 0 aliphatic heterocycles. The van der Waals surface area contributed by atoms with Crippen molar-refractivity contribution in [1.29, 1.82) is 0 Å². The number of carboxylic acid groups (broad SMARTS) is 1. The second-order valence-corrected chi connectivity index (χ2v) is 6.49. The molecule has 1 aliphatic rings. The van der Waals surface area contributed by atoms with Crippen LogP contribution in [0.4, 0.5) is 0 Å². The Morgan fingerprint density at radius 1 is 1.00 bits per heavy atom. The van der Waals surface area contributed by atoms with E-state index in [0.29, 0.717) is 16.9 Å². The van der Waals surface area contributed by atoms with E-state index in [-0.39, 0.29) is 5.56 Å². The van der Waals surface area contributed by atoms with Crippen LogP contribution in [0.15, 0.2) is 65.8 Å². The maximum atomic E-state index is 11.5. The zero-order chi connectivity index (χ0) is 18.5. The summed E-state index contributed by atoms with van der Waals surface area (Å²) in [6.07, 6.45) is 0. The number of rotatable bonds is 3. The van der Waals surface area contributed by atoms with Crippen molar-refractivity contribution >= 4 is 17.0 Å². The smallest absolute Gasteiger partial charge is 0.335 e. The predicted octanol–water partition coefficient (Wildman–Crippen LogP) is 4.76. The second-order valence-electron chi connectivity index (χ2n) is 6.49. The van der Waals surface area contributed by atoms with Crippen molar-refractivity contribution in [2.24, 2.45) is 5.18 Å². The van der Waals surface area contributed by atoms with Crippen LogP contribution in [0.3, 0.4) is 0 Å². The third kappa shape index (κ3) is 2.20. The van der Waals surface area contributed by atoms with Crippen LogP contribution < -0.4 is 0 Å². The van der Waals surface area contributed by atoms with Gasteiger partial charge < -0.3 is 10.1 Å². The number of fused-ring (bicyclic) bond motifs is 4. The van der Waals surface area contributed by atoms with E-state index in [1.54, 1.807) is 12.1 Å². The Morgan fingerprint density at radius 3 is 2.59 bits per heavy atom. The highest BCUT2D eigenvalue weighted by molar-refractivity contribution is 5.95. The zero-order valence-electron chi connectivity index (χ0n) is 14.0. The molecular formula is C21H13N3O3. The Morgan fingerprint density at radius 2 is 1.78 bits per heavy atom. The molecular weight excluding hydrogens is 342 g/mol. The number of carboxylic acids is 1. The van der Waals surface area contributed by atoms with Gasteiger partial charge in [0, 0.05) is 5.56 Å². The molecule has 1 unspecified atom stereocenters. The van der Waals surface area contributed by atoms with Gasteiger partial charge in [0.25, 0.3) is 0 Å². The van der Waals surface area contributed by atoms with Crippen molar-refractivity contribution in [3.05, 3.63) is 82.3 Å². The van der Waals surface area contributed by atoms with Gasteiger partial charge in [0.15, 0.2) is 0 Å². The highest BCUT2D eigenvalue weighted by Crippen LogP contribution is 2.49. The fraction of sp³-hybridized carbons (Fsp3) is 0.0476. The first-order valence-corrected chi connectivity index (χ1v) is 8.45. The lowest BCUT2D eigenvalue weighted by molar-refractivity contribution is 0.0697. The molecule has 1 aromatic heterocycles. The first-order chi connectivity index (χ1) is 13.2. The van der Waals surface area contributed by atoms with Crippen LogP contribution in [0, 0.1) is 4.91 Å². The molecule has 6 nitrogen and oxygen atoms in total. The number of hydrogen-bond acceptors (Lipinski definition) is 4. The Bertz CT molecular complexity index is 1240. The second kappa shape index (κ2) is 5.60. The highest BCUT2D eigenvalue weighted by Gasteiger charge is 2.31. The number of aromatic amines is 1. The maximum Gasteiger partial charge on any atom is 0.335 e. The van der Waals surface area contributed by atoms with E-state index in [0.717, 1.165) is 27.8 Å². The molecule has 27 heavy (non-hydrogen) atoms. The van der Waals surface area contributed by atoms with Gasteiger partial charge in [0.05, 0.1) is 16.6 Å². The summed E-state index contributed by atoms with van der Waals surface area (Å²) in [5.74, 6) is -0.353. The molecule has 4 aromatic rings. The summed E-state index contributed by atoms with van der Waals surface area (Å²) in [6, 6.07) is 17.7. The number of aromatic carboxylic acids is 1. The number of nitrogens with zero attached hydrogens (tertiary/aromatic N) is 2. The number of benzene rings is 3. The van der Waals surface area contributed by atoms with Crippen LogP contribution in [-0.4, -0.2) is 21.0 Å². The van der Waals surface area contributed by atoms with Gasteiger partial charge in [0.2, 0.25) is 0 Å². The Hall–Kier alpha value is -3.80. The minimum Gasteiger partial charge on any atom is -0.478 e. The molecule has 0 saturated heterocycles. The summed E-state index contributed by atoms with van der Waals surface area (Å²) >= 11 is 0. The standard InChI is InChI=1S/C21H13N3O3/c25-21(26)11-8-9-16-17(10-11)23-20(22-16)15-7-3-6-14-18(15)12-4-1-2-5-13(12)19(14)24-27/h1-10,19H,(H,22,23)(H,25,26). The molecule has 0 radical (unpaired) electrons. The predicted molar refractivity (Wildman–Crippen MR) is 102 cm³/mol. The van der Waals surface area contributed by atoms with E-state index in [9.17, 15) is 14.8 Å². The molecule has 2 N–H and O–H groups in total. The van der Waals surface area contributed by atoms with Gasteiger partial charge in [-0.1, -0.05) is 47.6 Å². The van der Waals surface area contributed by atoms with Crippen molar-refractivity contribution in [2.45, 2.75) is 6.04 Å². The number of imidazole rings is 1. The maximum absolute atomic E-state index is 11.5. The zero-order valence-corrected chi connectivity index (χ0v) is 14.0. The Kier molecular flexibility index (Phi) is 3.21. The average molecular weight is 355 g/mol. The Labute approximate surface area is 153 Å². The van der Waals surface area contributed by atoms with Gasteiger partial charge in [-0.2, -0.15) is 0 Å². The summed E-state index contributed by atoms with van der Waals surface area (Å²) < 4.78 is 0. The number of H-pyrrole nitrogens is 1. The lowest BCUT2D eigenvalue weighted by atomic mass is 9.99. The van der Waals surface area contributed by atoms with Crippen molar-refractivity contribution in [2.75, 3.05) is 0 Å². The third-order valence-electron chi connectivity index (χ3n) is 5.01. The summed E-state index contributed by atoms with van der Waals surface area (Å²) in [7, 11) is 0. The van der Waals surface area contributed by atoms with E-state index in [1.807, 2.05) is 42.5 Å². The fourth-order valence-electron chi connectivity index (χ4n) is 3.81. The lowest BCUT2D eigenvalue weighted by Gasteiger charge is -2.07. The molecule has 0 bridgehead atoms. The van der Waals surface area contributed by atoms with Crippen molar-refractivity contribution in [3.8, 4) is 22.5 Å². The number of nitrogens with one attached hydrogen (secondary N) is 1. The fourth-order valence-corrected chi connectivity index (χ4v) is 3.81. The van der Waals surface area contributed by atoms with E-state index in [4.69, 9.17) is 0 Å². The van der Waals surface area contributed by atoms with Crippen LogP contribution in [0.5, 0.6) is 0 Å². The third-order valence-corrected chi connectivity index (χ3v) is 5.01. The first kappa shape index (κ1) is 15.5. The van der Waals surface area contributed by atoms with Gasteiger partial charge in [-0.25, -0.2) is 9.78 Å². The van der Waals surface area contributed by atoms with E-state index in [2.05, 4.69) is 15.1 Å². The quantitative estimate of drug-likeness (QED) is 0.518. The minimum absolute atomic E-state index is 0.201. The monoisotopic (exact) mass is 355 g/mol. The summed E-state index contributed by atoms with van der Waals surface area (Å²) in [5.41, 5.74) is 6.05. The van der Waals surface area contributed by atoms with Crippen LogP contribution in [0.2, 0.25) is 0 Å². The molecule has 5 rings (SSSR count). The van der Waals surface area contributed by atoms with Crippen LogP contribution in [0.1, 0.15) is 27.5 Å². The summed E-state index contributed by atoms with van der Waals surface area (Å²) in [6.45, 7) is 0. The topological polar surface area (TPSA) is 95.4 Å². The average Bonchev–Trinajstić information content (AvgIpc) is 3.25. The molecule has 1 aliphatic carbocycles.